The molecular formula is C22H26N2O5. The zero-order valence-corrected chi connectivity index (χ0v) is 17.5. The quantitative estimate of drug-likeness (QED) is 0.780. The van der Waals surface area contributed by atoms with E-state index in [1.165, 1.54) is 13.2 Å². The Labute approximate surface area is 170 Å². The molecule has 0 aliphatic heterocycles. The first-order chi connectivity index (χ1) is 13.5. The predicted octanol–water partition coefficient (Wildman–Crippen LogP) is 4.29. The number of carbonyl (C=O) groups excluding carboxylic acids is 2. The number of benzene rings is 2. The molecule has 0 aliphatic rings. The molecule has 3 amide bonds. The van der Waals surface area contributed by atoms with Gasteiger partial charge in [-0.2, -0.15) is 0 Å². The van der Waals surface area contributed by atoms with Crippen LogP contribution >= 0.6 is 0 Å². The van der Waals surface area contributed by atoms with E-state index in [1.54, 1.807) is 58.0 Å². The average Bonchev–Trinajstić information content (AvgIpc) is 2.64. The lowest BCUT2D eigenvalue weighted by atomic mass is 10.0. The van der Waals surface area contributed by atoms with Crippen molar-refractivity contribution >= 4 is 17.9 Å². The number of imide groups is 1. The number of hydrogen-bond donors (Lipinski definition) is 1. The number of hydrogen-bond acceptors (Lipinski definition) is 4. The lowest BCUT2D eigenvalue weighted by Gasteiger charge is -2.40. The van der Waals surface area contributed by atoms with E-state index in [1.807, 2.05) is 13.0 Å². The van der Waals surface area contributed by atoms with Crippen molar-refractivity contribution in [1.82, 2.24) is 10.0 Å². The van der Waals surface area contributed by atoms with Gasteiger partial charge in [-0.1, -0.05) is 23.8 Å². The molecule has 0 bridgehead atoms. The maximum absolute atomic E-state index is 13.3. The molecular weight excluding hydrogens is 372 g/mol. The average molecular weight is 398 g/mol. The van der Waals surface area contributed by atoms with Crippen LogP contribution in [-0.2, 0) is 0 Å². The number of amides is 3. The molecule has 2 aromatic carbocycles. The molecule has 0 aromatic heterocycles. The second-order valence-electron chi connectivity index (χ2n) is 7.69. The Morgan fingerprint density at radius 2 is 1.59 bits per heavy atom. The molecule has 2 rings (SSSR count). The lowest BCUT2D eigenvalue weighted by molar-refractivity contribution is -0.0331. The van der Waals surface area contributed by atoms with Crippen molar-refractivity contribution in [3.8, 4) is 5.75 Å². The third kappa shape index (κ3) is 4.56. The van der Waals surface area contributed by atoms with Gasteiger partial charge >= 0.3 is 6.09 Å². The van der Waals surface area contributed by atoms with Crippen LogP contribution in [0.2, 0.25) is 0 Å². The van der Waals surface area contributed by atoms with Crippen molar-refractivity contribution in [1.29, 1.82) is 0 Å². The largest absolute Gasteiger partial charge is 0.496 e. The summed E-state index contributed by atoms with van der Waals surface area (Å²) >= 11 is 0. The Bertz CT molecular complexity index is 946. The van der Waals surface area contributed by atoms with Gasteiger partial charge < -0.3 is 9.84 Å². The molecule has 0 fully saturated rings. The SMILES string of the molecule is COc1cccc(C(=O)N(C(=O)O)N(C(=O)c2cccc(C)c2)C(C)(C)C)c1C. The molecule has 7 nitrogen and oxygen atoms in total. The summed E-state index contributed by atoms with van der Waals surface area (Å²) in [7, 11) is 1.47. The summed E-state index contributed by atoms with van der Waals surface area (Å²) in [5.74, 6) is -0.962. The second kappa shape index (κ2) is 8.34. The van der Waals surface area contributed by atoms with Crippen molar-refractivity contribution < 1.29 is 24.2 Å². The van der Waals surface area contributed by atoms with E-state index < -0.39 is 23.4 Å². The Balaban J connectivity index is 2.61. The van der Waals surface area contributed by atoms with Crippen LogP contribution in [0.4, 0.5) is 4.79 Å². The van der Waals surface area contributed by atoms with Crippen molar-refractivity contribution in [3.05, 3.63) is 64.7 Å². The third-order valence-corrected chi connectivity index (χ3v) is 4.40. The molecule has 1 N–H and O–H groups in total. The first kappa shape index (κ1) is 21.9. The summed E-state index contributed by atoms with van der Waals surface area (Å²) in [6, 6.07) is 11.6. The van der Waals surface area contributed by atoms with Gasteiger partial charge in [-0.25, -0.2) is 9.80 Å². The summed E-state index contributed by atoms with van der Waals surface area (Å²) in [6.45, 7) is 8.50. The lowest BCUT2D eigenvalue weighted by Crippen LogP contribution is -2.60. The van der Waals surface area contributed by atoms with Crippen molar-refractivity contribution in [2.24, 2.45) is 0 Å². The summed E-state index contributed by atoms with van der Waals surface area (Å²) in [5.41, 5.74) is 0.783. The van der Waals surface area contributed by atoms with E-state index in [0.29, 0.717) is 21.9 Å². The fraction of sp³-hybridized carbons (Fsp3) is 0.318. The van der Waals surface area contributed by atoms with Crippen LogP contribution in [0.25, 0.3) is 0 Å². The number of ether oxygens (including phenoxy) is 1. The van der Waals surface area contributed by atoms with E-state index in [2.05, 4.69) is 0 Å². The number of carboxylic acid groups (broad SMARTS) is 1. The van der Waals surface area contributed by atoms with Gasteiger partial charge in [-0.15, -0.1) is 5.01 Å². The number of methoxy groups -OCH3 is 1. The molecule has 0 atom stereocenters. The Morgan fingerprint density at radius 1 is 0.966 bits per heavy atom. The van der Waals surface area contributed by atoms with Gasteiger partial charge in [0, 0.05) is 16.7 Å². The van der Waals surface area contributed by atoms with Crippen molar-refractivity contribution in [2.45, 2.75) is 40.2 Å². The Morgan fingerprint density at radius 3 is 2.10 bits per heavy atom. The molecule has 0 aliphatic carbocycles. The molecule has 0 radical (unpaired) electrons. The van der Waals surface area contributed by atoms with Gasteiger partial charge in [0.2, 0.25) is 0 Å². The van der Waals surface area contributed by atoms with Gasteiger partial charge in [-0.3, -0.25) is 9.59 Å². The molecule has 0 saturated heterocycles. The van der Waals surface area contributed by atoms with Crippen LogP contribution in [0.3, 0.4) is 0 Å². The van der Waals surface area contributed by atoms with Crippen molar-refractivity contribution in [3.63, 3.8) is 0 Å². The summed E-state index contributed by atoms with van der Waals surface area (Å²) in [4.78, 5) is 38.7. The number of nitrogens with zero attached hydrogens (tertiary/aromatic N) is 2. The Kier molecular flexibility index (Phi) is 6.31. The number of rotatable bonds is 3. The molecule has 154 valence electrons. The van der Waals surface area contributed by atoms with Crippen LogP contribution in [0, 0.1) is 13.8 Å². The summed E-state index contributed by atoms with van der Waals surface area (Å²) < 4.78 is 5.24. The van der Waals surface area contributed by atoms with Gasteiger partial charge in [0.1, 0.15) is 5.75 Å². The highest BCUT2D eigenvalue weighted by Gasteiger charge is 2.40. The topological polar surface area (TPSA) is 87.2 Å². The highest BCUT2D eigenvalue weighted by molar-refractivity contribution is 6.06. The second-order valence-corrected chi connectivity index (χ2v) is 7.69. The molecule has 29 heavy (non-hydrogen) atoms. The third-order valence-electron chi connectivity index (χ3n) is 4.40. The van der Waals surface area contributed by atoms with E-state index in [9.17, 15) is 19.5 Å². The van der Waals surface area contributed by atoms with E-state index >= 15 is 0 Å². The molecule has 0 heterocycles. The van der Waals surface area contributed by atoms with E-state index in [-0.39, 0.29) is 5.56 Å². The highest BCUT2D eigenvalue weighted by Crippen LogP contribution is 2.26. The minimum absolute atomic E-state index is 0.137. The molecule has 0 spiro atoms. The van der Waals surface area contributed by atoms with E-state index in [4.69, 9.17) is 4.74 Å². The zero-order valence-electron chi connectivity index (χ0n) is 17.5. The fourth-order valence-corrected chi connectivity index (χ4v) is 3.04. The summed E-state index contributed by atoms with van der Waals surface area (Å²) in [6.07, 6.45) is -1.55. The first-order valence-electron chi connectivity index (χ1n) is 9.11. The maximum Gasteiger partial charge on any atom is 0.434 e. The van der Waals surface area contributed by atoms with Crippen LogP contribution in [-0.4, -0.2) is 45.7 Å². The number of hydrazine groups is 1. The maximum atomic E-state index is 13.3. The molecule has 2 aromatic rings. The Hall–Kier alpha value is -3.35. The summed E-state index contributed by atoms with van der Waals surface area (Å²) in [5, 5.41) is 11.3. The predicted molar refractivity (Wildman–Crippen MR) is 109 cm³/mol. The minimum atomic E-state index is -1.55. The van der Waals surface area contributed by atoms with Gasteiger partial charge in [0.25, 0.3) is 11.8 Å². The van der Waals surface area contributed by atoms with Gasteiger partial charge in [0.05, 0.1) is 12.6 Å². The molecule has 0 unspecified atom stereocenters. The fourth-order valence-electron chi connectivity index (χ4n) is 3.04. The van der Waals surface area contributed by atoms with Gasteiger partial charge in [0.15, 0.2) is 0 Å². The number of aryl methyl sites for hydroxylation is 1. The van der Waals surface area contributed by atoms with Crippen molar-refractivity contribution in [2.75, 3.05) is 7.11 Å². The smallest absolute Gasteiger partial charge is 0.434 e. The minimum Gasteiger partial charge on any atom is -0.496 e. The number of carbonyl (C=O) groups is 3. The van der Waals surface area contributed by atoms with Crippen LogP contribution in [0.1, 0.15) is 52.6 Å². The van der Waals surface area contributed by atoms with Gasteiger partial charge in [-0.05, 0) is 58.9 Å². The van der Waals surface area contributed by atoms with Crippen LogP contribution < -0.4 is 4.74 Å². The van der Waals surface area contributed by atoms with Crippen LogP contribution in [0.15, 0.2) is 42.5 Å². The highest BCUT2D eigenvalue weighted by atomic mass is 16.5. The zero-order chi connectivity index (χ0) is 21.9. The molecule has 7 heteroatoms. The normalized spacial score (nSPS) is 11.0. The van der Waals surface area contributed by atoms with E-state index in [0.717, 1.165) is 10.6 Å². The monoisotopic (exact) mass is 398 g/mol. The first-order valence-corrected chi connectivity index (χ1v) is 9.11. The standard InChI is InChI=1S/C22H26N2O5/c1-14-9-7-10-16(13-14)19(25)24(22(3,4)5)23(21(27)28)20(26)17-11-8-12-18(29-6)15(17)2/h7-13H,1-6H3,(H,27,28). The van der Waals surface area contributed by atoms with Crippen LogP contribution in [0.5, 0.6) is 5.75 Å². The molecule has 0 saturated carbocycles.